The molecule has 4 heterocycles. The van der Waals surface area contributed by atoms with Gasteiger partial charge in [-0.25, -0.2) is 9.97 Å². The van der Waals surface area contributed by atoms with E-state index in [1.165, 1.54) is 26.5 Å². The Morgan fingerprint density at radius 2 is 0.941 bits per heavy atom. The van der Waals surface area contributed by atoms with Gasteiger partial charge < -0.3 is 66.1 Å². The number of nitrogens with two attached hydrogens (primary N) is 1. The molecule has 0 spiro atoms. The van der Waals surface area contributed by atoms with Crippen molar-refractivity contribution in [3.05, 3.63) is 273 Å². The molecule has 8 aromatic carbocycles. The molecular weight excluding hydrogens is 1750 g/mol. The molecule has 6 atom stereocenters. The maximum atomic E-state index is 14.0. The van der Waals surface area contributed by atoms with Crippen molar-refractivity contribution in [3.63, 3.8) is 0 Å². The first-order valence-corrected chi connectivity index (χ1v) is 49.3. The summed E-state index contributed by atoms with van der Waals surface area (Å²) in [7, 11) is 1.78. The van der Waals surface area contributed by atoms with Gasteiger partial charge in [-0.15, -0.1) is 22.7 Å². The maximum absolute atomic E-state index is 14.0. The Morgan fingerprint density at radius 3 is 1.38 bits per heavy atom. The van der Waals surface area contributed by atoms with Gasteiger partial charge in [-0.3, -0.25) is 38.4 Å². The van der Waals surface area contributed by atoms with Gasteiger partial charge in [-0.05, 0) is 196 Å². The number of aliphatic carboxylic acids is 1. The van der Waals surface area contributed by atoms with Crippen molar-refractivity contribution in [1.29, 1.82) is 0 Å². The van der Waals surface area contributed by atoms with Crippen molar-refractivity contribution in [2.45, 2.75) is 228 Å². The lowest BCUT2D eigenvalue weighted by Crippen LogP contribution is -2.57. The molecule has 0 unspecified atom stereocenters. The Balaban J connectivity index is 0.000000236. The molecule has 0 saturated carbocycles. The number of nitrogens with zero attached hydrogens (tertiary/aromatic N) is 5. The lowest BCUT2D eigenvalue weighted by molar-refractivity contribution is -0.146. The number of aromatic hydroxyl groups is 2. The van der Waals surface area contributed by atoms with Crippen LogP contribution >= 0.6 is 22.7 Å². The number of β-amino-alcohol motifs (C(OH)–C–C–N with tert-alkyl or cyclic N) is 2. The molecule has 9 N–H and O–H groups in total. The number of Topliss-reactive ketones (excluding diaryl/α,β-unsaturated/α-hetero) is 2. The number of carbonyl (C=O) groups is 8. The second-order valence-corrected chi connectivity index (χ2v) is 39.0. The number of ketones is 2. The lowest BCUT2D eigenvalue weighted by Gasteiger charge is -2.35. The Bertz CT molecular complexity index is 5590. The number of carboxylic acid groups (broad SMARTS) is 1. The first kappa shape index (κ1) is 106. The number of nitrogens with one attached hydrogen (secondary N) is 2. The molecule has 23 nitrogen and oxygen atoms in total. The summed E-state index contributed by atoms with van der Waals surface area (Å²) in [6, 6.07) is 65.0. The normalized spacial score (nSPS) is 15.5. The van der Waals surface area contributed by atoms with Crippen LogP contribution in [0.3, 0.4) is 0 Å². The van der Waals surface area contributed by atoms with E-state index in [0.717, 1.165) is 127 Å². The van der Waals surface area contributed by atoms with Gasteiger partial charge in [0, 0.05) is 90.5 Å². The molecule has 2 aliphatic heterocycles. The summed E-state index contributed by atoms with van der Waals surface area (Å²) in [5, 5.41) is 55.3. The average Bonchev–Trinajstić information content (AvgIpc) is 1.54. The van der Waals surface area contributed by atoms with Crippen molar-refractivity contribution in [2.24, 2.45) is 22.5 Å². The number of phenols is 2. The topological polar surface area (TPSA) is 342 Å². The van der Waals surface area contributed by atoms with E-state index in [4.69, 9.17) is 20.3 Å². The van der Waals surface area contributed by atoms with Crippen LogP contribution in [0, 0.1) is 30.6 Å². The largest absolute Gasteiger partial charge is 0.508 e. The number of hydrogen-bond acceptors (Lipinski definition) is 19. The predicted octanol–water partition coefficient (Wildman–Crippen LogP) is 19.9. The van der Waals surface area contributed by atoms with E-state index in [0.29, 0.717) is 77.0 Å². The van der Waals surface area contributed by atoms with Gasteiger partial charge in [0.05, 0.1) is 57.0 Å². The highest BCUT2D eigenvalue weighted by Gasteiger charge is 2.46. The van der Waals surface area contributed by atoms with Gasteiger partial charge in [-0.2, -0.15) is 0 Å². The van der Waals surface area contributed by atoms with Crippen LogP contribution in [0.15, 0.2) is 217 Å². The number of thiazole rings is 2. The minimum atomic E-state index is -0.893. The standard InChI is InChI=1S/C55H67N5O7S.C32H44N2O6S.C24H25NO2/c1-7-46(39-15-11-10-12-16-39)50(40-23-27-43(61)28-24-40)41-25-29-45(30-26-41)67-32-31-59(6)49(64)18-14-9-8-13-17-48(63)58-52(55(3,4)5)54(66)60-35-44(62)33-47(60)53(65)56-34-38-19-21-42(22-20-38)51-37(2)57-36-68-51;1-21-30(41-20-33-21)23-14-11-22(12-15-23)13-16-28(37)27-18-25(36)19-34(27)31(40)26(32(2,3)4)17-24(35)9-7-5-6-8-10-29(38)39;1-2-23(18-6-4-3-5-7-18)24(19-8-12-21(26)13-9-19)20-10-14-22(15-11-20)27-17-16-25/h10-12,15-16,19-30,36,44,47,52,61-62H,7-9,13-14,17-18,31-35H2,1-6H3,(H,56,65)(H,58,63);11-12,14-15,20,25-27,36H,5-10,13,16-19H2,1-4H3,(H,38,39);3-15,26H,2,16-17,25H2,1H3/t44-,47+,52-;25-,26-,27+;/m11./s1. The highest BCUT2D eigenvalue weighted by atomic mass is 32.1. The third kappa shape index (κ3) is 31.4. The van der Waals surface area contributed by atoms with Gasteiger partial charge in [0.15, 0.2) is 5.78 Å². The van der Waals surface area contributed by atoms with E-state index in [9.17, 15) is 58.8 Å². The number of ether oxygens (including phenoxy) is 2. The summed E-state index contributed by atoms with van der Waals surface area (Å²) in [5.41, 5.74) is 25.3. The fourth-order valence-corrected chi connectivity index (χ4v) is 18.8. The summed E-state index contributed by atoms with van der Waals surface area (Å²) < 4.78 is 11.7. The molecule has 2 aliphatic rings. The second kappa shape index (κ2) is 52.2. The van der Waals surface area contributed by atoms with Crippen LogP contribution in [0.2, 0.25) is 0 Å². The lowest BCUT2D eigenvalue weighted by atomic mass is 9.76. The summed E-state index contributed by atoms with van der Waals surface area (Å²) in [4.78, 5) is 120. The van der Waals surface area contributed by atoms with Crippen molar-refractivity contribution in [1.82, 2.24) is 35.3 Å². The number of unbranched alkanes of at least 4 members (excludes halogenated alkanes) is 6. The summed E-state index contributed by atoms with van der Waals surface area (Å²) in [6.45, 7) is 21.8. The number of aliphatic hydroxyl groups is 2. The monoisotopic (exact) mass is 1880 g/mol. The zero-order valence-corrected chi connectivity index (χ0v) is 82.2. The Labute approximate surface area is 809 Å². The minimum absolute atomic E-state index is 0.00361. The predicted molar refractivity (Wildman–Crippen MR) is 541 cm³/mol. The van der Waals surface area contributed by atoms with Crippen LogP contribution in [0.5, 0.6) is 23.0 Å². The highest BCUT2D eigenvalue weighted by molar-refractivity contribution is 7.13. The first-order chi connectivity index (χ1) is 65.2. The van der Waals surface area contributed by atoms with E-state index >= 15 is 0 Å². The molecule has 136 heavy (non-hydrogen) atoms. The number of carbonyl (C=O) groups excluding carboxylic acids is 7. The number of allylic oxidation sites excluding steroid dienone is 2. The number of likely N-dealkylation sites (N-methyl/N-ethyl adjacent to an activating group) is 1. The number of rotatable bonds is 43. The third-order valence-electron chi connectivity index (χ3n) is 24.8. The van der Waals surface area contributed by atoms with Crippen LogP contribution in [0.25, 0.3) is 43.2 Å². The molecule has 0 bridgehead atoms. The highest BCUT2D eigenvalue weighted by Crippen LogP contribution is 2.41. The quantitative estimate of drug-likeness (QED) is 0.0130. The Hall–Kier alpha value is -12.3. The van der Waals surface area contributed by atoms with Gasteiger partial charge in [0.25, 0.3) is 0 Å². The van der Waals surface area contributed by atoms with E-state index < -0.39 is 59.0 Å². The third-order valence-corrected chi connectivity index (χ3v) is 26.8. The van der Waals surface area contributed by atoms with E-state index in [1.54, 1.807) is 58.9 Å². The van der Waals surface area contributed by atoms with E-state index in [1.807, 2.05) is 200 Å². The fraction of sp³-hybridized carbons (Fsp3) is 0.405. The Morgan fingerprint density at radius 1 is 0.507 bits per heavy atom. The van der Waals surface area contributed by atoms with Gasteiger partial charge in [0.2, 0.25) is 29.5 Å². The molecule has 0 radical (unpaired) electrons. The van der Waals surface area contributed by atoms with Crippen LogP contribution in [0.4, 0.5) is 0 Å². The number of carboxylic acids is 1. The van der Waals surface area contributed by atoms with Crippen LogP contribution in [0.1, 0.15) is 227 Å². The first-order valence-electron chi connectivity index (χ1n) is 47.6. The number of aromatic nitrogens is 2. The number of hydrogen-bond donors (Lipinski definition) is 8. The molecule has 25 heteroatoms. The maximum Gasteiger partial charge on any atom is 0.303 e. The summed E-state index contributed by atoms with van der Waals surface area (Å²) in [5.74, 6) is -0.693. The average molecular weight is 1890 g/mol. The molecule has 722 valence electrons. The minimum Gasteiger partial charge on any atom is -0.508 e. The van der Waals surface area contributed by atoms with Crippen LogP contribution in [-0.2, 0) is 51.3 Å². The van der Waals surface area contributed by atoms with Gasteiger partial charge in [0.1, 0.15) is 54.1 Å². The number of phenolic OH excluding ortho intramolecular Hbond substituents is 2. The SMILES string of the molecule is CCC(=C(c1ccc(O)cc1)c1ccc(OCCN(C)C(=O)CCCCCCC(=O)N[C@H](C(=O)N2C[C@H](O)C[C@H]2C(=O)NCc2ccc(-c3scnc3C)cc2)C(C)(C)C)cc1)c1ccccc1.CCC(=C(c1ccc(O)cc1)c1ccc(OCCN)cc1)c1ccccc1.Cc1ncsc1-c1ccc(CCC(=O)[C@@H]2C[C@@H](O)CN2C(=O)[C@@H](CC(=O)CCCCCCC(=O)O)C(C)(C)C)cc1. The number of aryl methyl sites for hydroxylation is 3. The van der Waals surface area contributed by atoms with Crippen LogP contribution < -0.4 is 25.8 Å². The molecule has 2 fully saturated rings. The molecule has 5 amide bonds. The summed E-state index contributed by atoms with van der Waals surface area (Å²) in [6.07, 6.45) is 8.04. The van der Waals surface area contributed by atoms with Crippen molar-refractivity contribution < 1.29 is 73.4 Å². The van der Waals surface area contributed by atoms with Crippen LogP contribution in [-0.4, -0.2) is 174 Å². The molecule has 0 aliphatic carbocycles. The molecular formula is C111H136N8O15S2. The van der Waals surface area contributed by atoms with Gasteiger partial charge in [-0.1, -0.05) is 239 Å². The number of likely N-dealkylation sites (tertiary alicyclic amines) is 2. The van der Waals surface area contributed by atoms with E-state index in [2.05, 4.69) is 83.0 Å². The van der Waals surface area contributed by atoms with Gasteiger partial charge >= 0.3 is 5.97 Å². The molecule has 2 saturated heterocycles. The zero-order valence-electron chi connectivity index (χ0n) is 80.6. The Kier molecular flexibility index (Phi) is 40.6. The zero-order chi connectivity index (χ0) is 98.0. The van der Waals surface area contributed by atoms with Crippen molar-refractivity contribution in [3.8, 4) is 43.9 Å². The fourth-order valence-electron chi connectivity index (χ4n) is 17.2. The second-order valence-electron chi connectivity index (χ2n) is 37.2. The number of amides is 5. The van der Waals surface area contributed by atoms with Crippen molar-refractivity contribution >= 4 is 92.0 Å². The van der Waals surface area contributed by atoms with E-state index in [-0.39, 0.29) is 105 Å². The summed E-state index contributed by atoms with van der Waals surface area (Å²) >= 11 is 3.17. The molecule has 10 aromatic rings. The number of aliphatic hydroxyl groups excluding tert-OH is 2. The number of benzene rings is 8. The van der Waals surface area contributed by atoms with Crippen molar-refractivity contribution in [2.75, 3.05) is 46.4 Å². The molecule has 12 rings (SSSR count). The molecule has 2 aromatic heterocycles. The smallest absolute Gasteiger partial charge is 0.303 e.